The summed E-state index contributed by atoms with van der Waals surface area (Å²) in [5.74, 6) is 0.834. The lowest BCUT2D eigenvalue weighted by Gasteiger charge is -2.26. The molecule has 0 atom stereocenters. The van der Waals surface area contributed by atoms with E-state index in [0.717, 1.165) is 0 Å². The summed E-state index contributed by atoms with van der Waals surface area (Å²) in [4.78, 5) is 12.1. The lowest BCUT2D eigenvalue weighted by molar-refractivity contribution is 0.450. The van der Waals surface area contributed by atoms with Gasteiger partial charge in [0.15, 0.2) is 9.84 Å². The normalized spacial score (nSPS) is 30.7. The van der Waals surface area contributed by atoms with E-state index in [1.165, 1.54) is 9.25 Å². The molecule has 3 rings (SSSR count). The average Bonchev–Trinajstić information content (AvgIpc) is 2.46. The van der Waals surface area contributed by atoms with Crippen molar-refractivity contribution in [2.45, 2.75) is 12.1 Å². The highest BCUT2D eigenvalue weighted by Gasteiger charge is 2.39. The maximum atomic E-state index is 12.1. The molecule has 0 N–H and O–H groups in total. The summed E-state index contributed by atoms with van der Waals surface area (Å²) in [6.07, 6.45) is 0. The minimum atomic E-state index is -2.99. The fourth-order valence-electron chi connectivity index (χ4n) is 2.12. The second kappa shape index (κ2) is 4.01. The first kappa shape index (κ1) is 12.5. The third kappa shape index (κ3) is 1.90. The Morgan fingerprint density at radius 2 is 1.89 bits per heavy atom. The Morgan fingerprint density at radius 3 is 2.39 bits per heavy atom. The Kier molecular flexibility index (Phi) is 2.79. The second-order valence-corrected chi connectivity index (χ2v) is 8.93. The van der Waals surface area contributed by atoms with E-state index in [-0.39, 0.29) is 29.3 Å². The molecular formula is C8H10BrN3O4S2. The maximum Gasteiger partial charge on any atom is 0.347 e. The van der Waals surface area contributed by atoms with Crippen LogP contribution in [0.15, 0.2) is 9.53 Å². The van der Waals surface area contributed by atoms with E-state index in [1.54, 1.807) is 0 Å². The molecule has 7 nitrogen and oxygen atoms in total. The van der Waals surface area contributed by atoms with Crippen LogP contribution in [0.4, 0.5) is 0 Å². The standard InChI is InChI=1S/C8H10BrN3O4S2/c9-7-10-12(6-3-18(15,16)4-6)8(13)11(7)5-1-17(14)2-5/h5-6H,1-4H2. The summed E-state index contributed by atoms with van der Waals surface area (Å²) in [6.45, 7) is 0. The maximum absolute atomic E-state index is 12.1. The lowest BCUT2D eigenvalue weighted by atomic mass is 10.3. The Balaban J connectivity index is 1.92. The van der Waals surface area contributed by atoms with E-state index in [4.69, 9.17) is 0 Å². The summed E-state index contributed by atoms with van der Waals surface area (Å²) < 4.78 is 36.3. The third-order valence-electron chi connectivity index (χ3n) is 3.15. The van der Waals surface area contributed by atoms with Crippen molar-refractivity contribution in [2.24, 2.45) is 0 Å². The topological polar surface area (TPSA) is 91.0 Å². The van der Waals surface area contributed by atoms with E-state index >= 15 is 0 Å². The van der Waals surface area contributed by atoms with E-state index in [0.29, 0.717) is 16.2 Å². The Bertz CT molecular complexity index is 672. The highest BCUT2D eigenvalue weighted by Crippen LogP contribution is 2.25. The number of hydrogen-bond acceptors (Lipinski definition) is 5. The van der Waals surface area contributed by atoms with Crippen LogP contribution in [0.1, 0.15) is 12.1 Å². The molecule has 0 aromatic carbocycles. The van der Waals surface area contributed by atoms with E-state index < -0.39 is 20.6 Å². The van der Waals surface area contributed by atoms with Crippen LogP contribution in [0, 0.1) is 0 Å². The van der Waals surface area contributed by atoms with Crippen LogP contribution in [0.3, 0.4) is 0 Å². The van der Waals surface area contributed by atoms with E-state index in [9.17, 15) is 17.4 Å². The number of aromatic nitrogens is 3. The number of sulfone groups is 1. The van der Waals surface area contributed by atoms with Crippen molar-refractivity contribution in [1.82, 2.24) is 14.3 Å². The Labute approximate surface area is 114 Å². The molecule has 2 fully saturated rings. The summed E-state index contributed by atoms with van der Waals surface area (Å²) >= 11 is 3.20. The molecule has 18 heavy (non-hydrogen) atoms. The van der Waals surface area contributed by atoms with Crippen molar-refractivity contribution in [3.8, 4) is 0 Å². The average molecular weight is 356 g/mol. The quantitative estimate of drug-likeness (QED) is 0.684. The number of hydrogen-bond donors (Lipinski definition) is 0. The fraction of sp³-hybridized carbons (Fsp3) is 0.750. The van der Waals surface area contributed by atoms with Gasteiger partial charge in [0.25, 0.3) is 0 Å². The molecule has 1 aromatic rings. The molecule has 1 aromatic heterocycles. The smallest absolute Gasteiger partial charge is 0.265 e. The van der Waals surface area contributed by atoms with Crippen LogP contribution in [0.2, 0.25) is 0 Å². The lowest BCUT2D eigenvalue weighted by Crippen LogP contribution is -2.45. The van der Waals surface area contributed by atoms with E-state index in [2.05, 4.69) is 21.0 Å². The molecule has 0 radical (unpaired) electrons. The van der Waals surface area contributed by atoms with Gasteiger partial charge < -0.3 is 0 Å². The summed E-state index contributed by atoms with van der Waals surface area (Å²) in [6, 6.07) is -0.469. The number of nitrogens with zero attached hydrogens (tertiary/aromatic N) is 3. The molecule has 0 saturated carbocycles. The molecule has 100 valence electrons. The first-order valence-electron chi connectivity index (χ1n) is 5.29. The molecular weight excluding hydrogens is 346 g/mol. The number of rotatable bonds is 2. The molecule has 0 bridgehead atoms. The third-order valence-corrected chi connectivity index (χ3v) is 6.99. The van der Waals surface area contributed by atoms with Gasteiger partial charge in [0.2, 0.25) is 4.73 Å². The molecule has 3 heterocycles. The minimum absolute atomic E-state index is 0.0348. The first-order valence-corrected chi connectivity index (χ1v) is 9.39. The van der Waals surface area contributed by atoms with Gasteiger partial charge in [-0.15, -0.1) is 5.10 Å². The monoisotopic (exact) mass is 355 g/mol. The molecule has 2 saturated heterocycles. The minimum Gasteiger partial charge on any atom is -0.265 e. The van der Waals surface area contributed by atoms with Gasteiger partial charge in [0, 0.05) is 22.3 Å². The largest absolute Gasteiger partial charge is 0.347 e. The van der Waals surface area contributed by atoms with Crippen molar-refractivity contribution in [2.75, 3.05) is 23.0 Å². The van der Waals surface area contributed by atoms with Crippen molar-refractivity contribution < 1.29 is 12.6 Å². The van der Waals surface area contributed by atoms with Crippen molar-refractivity contribution >= 4 is 36.6 Å². The predicted molar refractivity (Wildman–Crippen MR) is 68.8 cm³/mol. The van der Waals surface area contributed by atoms with Crippen LogP contribution < -0.4 is 5.69 Å². The summed E-state index contributed by atoms with van der Waals surface area (Å²) in [5.41, 5.74) is -0.330. The highest BCUT2D eigenvalue weighted by molar-refractivity contribution is 9.10. The van der Waals surface area contributed by atoms with Gasteiger partial charge in [-0.05, 0) is 15.9 Å². The summed E-state index contributed by atoms with van der Waals surface area (Å²) in [5, 5.41) is 4.05. The Morgan fingerprint density at radius 1 is 1.28 bits per heavy atom. The van der Waals surface area contributed by atoms with Crippen LogP contribution in [0.25, 0.3) is 0 Å². The molecule has 2 aliphatic rings. The molecule has 0 spiro atoms. The predicted octanol–water partition coefficient (Wildman–Crippen LogP) is -0.920. The molecule has 10 heteroatoms. The van der Waals surface area contributed by atoms with Crippen LogP contribution >= 0.6 is 15.9 Å². The van der Waals surface area contributed by atoms with Gasteiger partial charge in [-0.2, -0.15) is 0 Å². The molecule has 0 amide bonds. The van der Waals surface area contributed by atoms with Gasteiger partial charge in [-0.25, -0.2) is 17.9 Å². The molecule has 2 aliphatic heterocycles. The Hall–Kier alpha value is -0.480. The first-order chi connectivity index (χ1) is 8.37. The van der Waals surface area contributed by atoms with Gasteiger partial charge in [-0.3, -0.25) is 8.78 Å². The van der Waals surface area contributed by atoms with Gasteiger partial charge >= 0.3 is 5.69 Å². The highest BCUT2D eigenvalue weighted by atomic mass is 79.9. The van der Waals surface area contributed by atoms with Crippen molar-refractivity contribution in [1.29, 1.82) is 0 Å². The zero-order valence-electron chi connectivity index (χ0n) is 9.15. The molecule has 0 aliphatic carbocycles. The van der Waals surface area contributed by atoms with Crippen LogP contribution in [0.5, 0.6) is 0 Å². The van der Waals surface area contributed by atoms with Gasteiger partial charge in [0.05, 0.1) is 23.6 Å². The fourth-order valence-corrected chi connectivity index (χ4v) is 5.15. The molecule has 0 unspecified atom stereocenters. The zero-order chi connectivity index (χ0) is 13.1. The van der Waals surface area contributed by atoms with Gasteiger partial charge in [0.1, 0.15) is 0 Å². The summed E-state index contributed by atoms with van der Waals surface area (Å²) in [7, 11) is -3.85. The van der Waals surface area contributed by atoms with Crippen molar-refractivity contribution in [3.05, 3.63) is 15.2 Å². The van der Waals surface area contributed by atoms with Gasteiger partial charge in [-0.1, -0.05) is 0 Å². The van der Waals surface area contributed by atoms with Crippen molar-refractivity contribution in [3.63, 3.8) is 0 Å². The number of halogens is 1. The van der Waals surface area contributed by atoms with Crippen LogP contribution in [-0.2, 0) is 20.6 Å². The zero-order valence-corrected chi connectivity index (χ0v) is 12.4. The van der Waals surface area contributed by atoms with E-state index in [1.807, 2.05) is 0 Å². The van der Waals surface area contributed by atoms with Crippen LogP contribution in [-0.4, -0.2) is 50.0 Å². The SMILES string of the molecule is O=c1n(C2CS(=O)(=O)C2)nc(Br)n1C1CS(=O)C1. The second-order valence-electron chi connectivity index (χ2n) is 4.52.